The van der Waals surface area contributed by atoms with Crippen molar-refractivity contribution in [3.05, 3.63) is 12.2 Å². The van der Waals surface area contributed by atoms with Crippen LogP contribution in [0.2, 0.25) is 0 Å². The monoisotopic (exact) mass is 823 g/mol. The Hall–Kier alpha value is -1.16. The number of allylic oxidation sites excluding steroid dienone is 2. The number of carbonyl (C=O) groups is 1. The summed E-state index contributed by atoms with van der Waals surface area (Å²) in [5.74, 6) is -0.399. The number of aliphatic hydroxyl groups is 3. The molecular formula is C43H82O12S. The third-order valence-corrected chi connectivity index (χ3v) is 10.9. The first-order chi connectivity index (χ1) is 27.1. The highest BCUT2D eigenvalue weighted by atomic mass is 32.3. The highest BCUT2D eigenvalue weighted by Crippen LogP contribution is 2.26. The smallest absolute Gasteiger partial charge is 0.397 e. The minimum atomic E-state index is -5.06. The maximum Gasteiger partial charge on any atom is 0.397 e. The molecule has 4 N–H and O–H groups in total. The molecule has 0 aliphatic carbocycles. The van der Waals surface area contributed by atoms with Gasteiger partial charge in [0.1, 0.15) is 30.5 Å². The van der Waals surface area contributed by atoms with Crippen molar-refractivity contribution in [3.8, 4) is 0 Å². The SMILES string of the molecule is CCCCCCCC/C=C\CCCCCCCCOCC(COC1OC(CO)C(O)C(OS(=O)(=O)O)C1O)OC(=O)CCCCCCCCCCCCCCC. The van der Waals surface area contributed by atoms with Crippen LogP contribution in [0.25, 0.3) is 0 Å². The molecule has 0 spiro atoms. The molecule has 13 heteroatoms. The van der Waals surface area contributed by atoms with Crippen LogP contribution < -0.4 is 0 Å². The Morgan fingerprint density at radius 1 is 0.661 bits per heavy atom. The zero-order valence-electron chi connectivity index (χ0n) is 35.2. The van der Waals surface area contributed by atoms with Crippen LogP contribution in [0, 0.1) is 0 Å². The molecule has 56 heavy (non-hydrogen) atoms. The average Bonchev–Trinajstić information content (AvgIpc) is 3.17. The molecule has 1 aliphatic heterocycles. The molecule has 0 aromatic heterocycles. The lowest BCUT2D eigenvalue weighted by atomic mass is 9.99. The van der Waals surface area contributed by atoms with Gasteiger partial charge in [0.25, 0.3) is 0 Å². The third-order valence-electron chi connectivity index (χ3n) is 10.4. The summed E-state index contributed by atoms with van der Waals surface area (Å²) in [4.78, 5) is 12.8. The summed E-state index contributed by atoms with van der Waals surface area (Å²) in [5, 5.41) is 30.6. The minimum absolute atomic E-state index is 0.0369. The van der Waals surface area contributed by atoms with E-state index in [-0.39, 0.29) is 19.6 Å². The minimum Gasteiger partial charge on any atom is -0.457 e. The van der Waals surface area contributed by atoms with Crippen molar-refractivity contribution >= 4 is 16.4 Å². The van der Waals surface area contributed by atoms with Gasteiger partial charge in [-0.1, -0.05) is 161 Å². The highest BCUT2D eigenvalue weighted by Gasteiger charge is 2.48. The molecule has 0 radical (unpaired) electrons. The van der Waals surface area contributed by atoms with E-state index >= 15 is 0 Å². The lowest BCUT2D eigenvalue weighted by Crippen LogP contribution is -2.60. The van der Waals surface area contributed by atoms with Crippen LogP contribution in [0.5, 0.6) is 0 Å². The quantitative estimate of drug-likeness (QED) is 0.0200. The fourth-order valence-electron chi connectivity index (χ4n) is 6.96. The maximum atomic E-state index is 12.8. The second-order valence-electron chi connectivity index (χ2n) is 15.6. The summed E-state index contributed by atoms with van der Waals surface area (Å²) in [5.41, 5.74) is 0. The van der Waals surface area contributed by atoms with Crippen LogP contribution in [0.3, 0.4) is 0 Å². The average molecular weight is 823 g/mol. The Kier molecular flexibility index (Phi) is 33.7. The molecule has 1 heterocycles. The van der Waals surface area contributed by atoms with Crippen LogP contribution in [-0.2, 0) is 38.3 Å². The second kappa shape index (κ2) is 35.8. The van der Waals surface area contributed by atoms with E-state index in [9.17, 15) is 28.5 Å². The molecule has 6 unspecified atom stereocenters. The lowest BCUT2D eigenvalue weighted by Gasteiger charge is -2.41. The lowest BCUT2D eigenvalue weighted by molar-refractivity contribution is -0.301. The Morgan fingerprint density at radius 3 is 1.61 bits per heavy atom. The first-order valence-corrected chi connectivity index (χ1v) is 23.8. The zero-order valence-corrected chi connectivity index (χ0v) is 36.0. The van der Waals surface area contributed by atoms with Crippen molar-refractivity contribution in [2.75, 3.05) is 26.4 Å². The van der Waals surface area contributed by atoms with E-state index in [1.54, 1.807) is 0 Å². The highest BCUT2D eigenvalue weighted by molar-refractivity contribution is 7.80. The van der Waals surface area contributed by atoms with Gasteiger partial charge in [-0.2, -0.15) is 8.42 Å². The van der Waals surface area contributed by atoms with Gasteiger partial charge in [0.05, 0.1) is 19.8 Å². The van der Waals surface area contributed by atoms with E-state index in [2.05, 4.69) is 30.2 Å². The van der Waals surface area contributed by atoms with Gasteiger partial charge in [0.15, 0.2) is 6.29 Å². The molecule has 332 valence electrons. The van der Waals surface area contributed by atoms with Crippen LogP contribution in [-0.4, -0.2) is 97.5 Å². The molecule has 6 atom stereocenters. The first-order valence-electron chi connectivity index (χ1n) is 22.4. The zero-order chi connectivity index (χ0) is 41.1. The Balaban J connectivity index is 2.43. The van der Waals surface area contributed by atoms with Crippen molar-refractivity contribution in [2.24, 2.45) is 0 Å². The van der Waals surface area contributed by atoms with Gasteiger partial charge < -0.3 is 34.3 Å². The molecule has 0 bridgehead atoms. The van der Waals surface area contributed by atoms with Gasteiger partial charge in [0, 0.05) is 13.0 Å². The number of carbonyl (C=O) groups excluding carboxylic acids is 1. The summed E-state index contributed by atoms with van der Waals surface area (Å²) in [7, 11) is -5.06. The Labute approximate surface area is 340 Å². The Morgan fingerprint density at radius 2 is 1.12 bits per heavy atom. The summed E-state index contributed by atoms with van der Waals surface area (Å²) in [6.45, 7) is 3.98. The van der Waals surface area contributed by atoms with Crippen molar-refractivity contribution < 1.29 is 56.2 Å². The molecule has 1 rings (SSSR count). The van der Waals surface area contributed by atoms with E-state index in [4.69, 9.17) is 23.5 Å². The topological polar surface area (TPSA) is 178 Å². The van der Waals surface area contributed by atoms with Crippen LogP contribution >= 0.6 is 0 Å². The molecular weight excluding hydrogens is 741 g/mol. The summed E-state index contributed by atoms with van der Waals surface area (Å²) < 4.78 is 59.0. The van der Waals surface area contributed by atoms with Crippen molar-refractivity contribution in [1.82, 2.24) is 0 Å². The summed E-state index contributed by atoms with van der Waals surface area (Å²) >= 11 is 0. The predicted octanol–water partition coefficient (Wildman–Crippen LogP) is 9.08. The van der Waals surface area contributed by atoms with Gasteiger partial charge in [-0.25, -0.2) is 4.18 Å². The van der Waals surface area contributed by atoms with Crippen LogP contribution in [0.4, 0.5) is 0 Å². The van der Waals surface area contributed by atoms with Crippen molar-refractivity contribution in [3.63, 3.8) is 0 Å². The van der Waals surface area contributed by atoms with Crippen LogP contribution in [0.15, 0.2) is 12.2 Å². The fraction of sp³-hybridized carbons (Fsp3) is 0.930. The molecule has 0 aromatic carbocycles. The maximum absolute atomic E-state index is 12.8. The van der Waals surface area contributed by atoms with E-state index in [0.717, 1.165) is 44.9 Å². The number of esters is 1. The number of aliphatic hydroxyl groups excluding tert-OH is 3. The molecule has 1 saturated heterocycles. The van der Waals surface area contributed by atoms with E-state index in [1.165, 1.54) is 122 Å². The summed E-state index contributed by atoms with van der Waals surface area (Å²) in [6, 6.07) is 0. The molecule has 0 amide bonds. The predicted molar refractivity (Wildman–Crippen MR) is 221 cm³/mol. The van der Waals surface area contributed by atoms with Gasteiger partial charge >= 0.3 is 16.4 Å². The standard InChI is InChI=1S/C43H82O12S/c1-3-5-7-9-11-13-15-17-18-19-21-23-25-27-29-31-33-51-35-37(36-52-43-41(47)42(55-56(48,49)50)40(46)38(34-44)54-43)53-39(45)32-30-28-26-24-22-20-16-14-12-10-8-6-4-2/h17-18,37-38,40-44,46-47H,3-16,19-36H2,1-2H3,(H,48,49,50)/b18-17-. The van der Waals surface area contributed by atoms with Crippen LogP contribution in [0.1, 0.15) is 194 Å². The Bertz CT molecular complexity index is 1040. The number of rotatable bonds is 39. The number of ether oxygens (including phenoxy) is 4. The van der Waals surface area contributed by atoms with Gasteiger partial charge in [-0.3, -0.25) is 9.35 Å². The second-order valence-corrected chi connectivity index (χ2v) is 16.7. The van der Waals surface area contributed by atoms with E-state index < -0.39 is 59.8 Å². The van der Waals surface area contributed by atoms with Gasteiger partial charge in [-0.05, 0) is 38.5 Å². The number of hydrogen-bond donors (Lipinski definition) is 4. The van der Waals surface area contributed by atoms with E-state index in [1.807, 2.05) is 0 Å². The first kappa shape index (κ1) is 52.9. The van der Waals surface area contributed by atoms with Crippen molar-refractivity contribution in [2.45, 2.75) is 230 Å². The van der Waals surface area contributed by atoms with Crippen molar-refractivity contribution in [1.29, 1.82) is 0 Å². The molecule has 0 aromatic rings. The molecule has 12 nitrogen and oxygen atoms in total. The molecule has 1 aliphatic rings. The summed E-state index contributed by atoms with van der Waals surface area (Å²) in [6.07, 6.45) is 28.1. The molecule has 1 fully saturated rings. The number of hydrogen-bond acceptors (Lipinski definition) is 11. The molecule has 0 saturated carbocycles. The normalized spacial score (nSPS) is 20.9. The van der Waals surface area contributed by atoms with E-state index in [0.29, 0.717) is 13.0 Å². The largest absolute Gasteiger partial charge is 0.457 e. The fourth-order valence-corrected chi connectivity index (χ4v) is 7.47. The number of unbranched alkanes of at least 4 members (excludes halogenated alkanes) is 24. The van der Waals surface area contributed by atoms with Gasteiger partial charge in [0.2, 0.25) is 0 Å². The third kappa shape index (κ3) is 29.1. The van der Waals surface area contributed by atoms with Gasteiger partial charge in [-0.15, -0.1) is 0 Å².